The Balaban J connectivity index is 1.63. The Morgan fingerprint density at radius 1 is 1.12 bits per heavy atom. The first-order valence-corrected chi connectivity index (χ1v) is 9.09. The van der Waals surface area contributed by atoms with E-state index in [1.54, 1.807) is 31.0 Å². The van der Waals surface area contributed by atoms with E-state index in [1.807, 2.05) is 48.5 Å². The van der Waals surface area contributed by atoms with Gasteiger partial charge in [0.25, 0.3) is 5.91 Å². The van der Waals surface area contributed by atoms with Crippen LogP contribution in [0.25, 0.3) is 6.08 Å². The standard InChI is InChI=1S/C20H21NO4S/c1-24-17-7-5-6-16(14-17)10-11-20(23)25-15-19(22)21-12-13-26-18-8-3-2-4-9-18/h2-11,14H,12-13,15H2,1H3,(H,21,22)/b11-10+. The van der Waals surface area contributed by atoms with Gasteiger partial charge >= 0.3 is 5.97 Å². The van der Waals surface area contributed by atoms with Crippen molar-refractivity contribution in [2.24, 2.45) is 0 Å². The lowest BCUT2D eigenvalue weighted by Crippen LogP contribution is -2.30. The number of thioether (sulfide) groups is 1. The molecule has 0 aromatic heterocycles. The second-order valence-corrected chi connectivity index (χ2v) is 6.40. The van der Waals surface area contributed by atoms with Crippen molar-refractivity contribution in [2.75, 3.05) is 26.0 Å². The minimum absolute atomic E-state index is 0.294. The lowest BCUT2D eigenvalue weighted by atomic mass is 10.2. The summed E-state index contributed by atoms with van der Waals surface area (Å²) in [7, 11) is 1.58. The van der Waals surface area contributed by atoms with Crippen LogP contribution in [-0.4, -0.2) is 37.9 Å². The van der Waals surface area contributed by atoms with Crippen LogP contribution in [0.1, 0.15) is 5.56 Å². The number of rotatable bonds is 9. The Bertz CT molecular complexity index is 746. The van der Waals surface area contributed by atoms with Crippen molar-refractivity contribution < 1.29 is 19.1 Å². The Morgan fingerprint density at radius 2 is 1.92 bits per heavy atom. The quantitative estimate of drug-likeness (QED) is 0.317. The van der Waals surface area contributed by atoms with Gasteiger partial charge in [0.05, 0.1) is 7.11 Å². The van der Waals surface area contributed by atoms with Crippen LogP contribution < -0.4 is 10.1 Å². The predicted octanol–water partition coefficient (Wildman–Crippen LogP) is 3.16. The molecule has 136 valence electrons. The van der Waals surface area contributed by atoms with Crippen LogP contribution >= 0.6 is 11.8 Å². The van der Waals surface area contributed by atoms with Gasteiger partial charge in [-0.3, -0.25) is 4.79 Å². The molecule has 26 heavy (non-hydrogen) atoms. The maximum atomic E-state index is 11.7. The summed E-state index contributed by atoms with van der Waals surface area (Å²) in [5.74, 6) is 0.566. The van der Waals surface area contributed by atoms with Gasteiger partial charge in [-0.25, -0.2) is 4.79 Å². The molecule has 1 amide bonds. The fourth-order valence-corrected chi connectivity index (χ4v) is 2.81. The second-order valence-electron chi connectivity index (χ2n) is 5.23. The number of benzene rings is 2. The monoisotopic (exact) mass is 371 g/mol. The number of ether oxygens (including phenoxy) is 2. The van der Waals surface area contributed by atoms with E-state index in [1.165, 1.54) is 6.08 Å². The molecule has 0 heterocycles. The lowest BCUT2D eigenvalue weighted by molar-refractivity contribution is -0.143. The highest BCUT2D eigenvalue weighted by atomic mass is 32.2. The number of carbonyl (C=O) groups is 2. The van der Waals surface area contributed by atoms with Crippen LogP contribution in [-0.2, 0) is 14.3 Å². The van der Waals surface area contributed by atoms with E-state index in [0.717, 1.165) is 16.2 Å². The molecule has 6 heteroatoms. The largest absolute Gasteiger partial charge is 0.497 e. The van der Waals surface area contributed by atoms with E-state index in [4.69, 9.17) is 9.47 Å². The molecule has 5 nitrogen and oxygen atoms in total. The van der Waals surface area contributed by atoms with Gasteiger partial charge in [-0.2, -0.15) is 0 Å². The Kier molecular flexibility index (Phi) is 8.29. The molecule has 0 radical (unpaired) electrons. The summed E-state index contributed by atoms with van der Waals surface area (Å²) < 4.78 is 10.0. The Hall–Kier alpha value is -2.73. The van der Waals surface area contributed by atoms with Gasteiger partial charge in [-0.05, 0) is 35.9 Å². The summed E-state index contributed by atoms with van der Waals surface area (Å²) in [6, 6.07) is 17.2. The third-order valence-corrected chi connectivity index (χ3v) is 4.30. The minimum atomic E-state index is -0.568. The average molecular weight is 371 g/mol. The zero-order chi connectivity index (χ0) is 18.6. The molecular weight excluding hydrogens is 350 g/mol. The van der Waals surface area contributed by atoms with Crippen molar-refractivity contribution in [3.8, 4) is 5.75 Å². The molecule has 1 N–H and O–H groups in total. The van der Waals surface area contributed by atoms with Crippen molar-refractivity contribution in [2.45, 2.75) is 4.90 Å². The summed E-state index contributed by atoms with van der Waals surface area (Å²) >= 11 is 1.65. The van der Waals surface area contributed by atoms with Gasteiger partial charge in [0.15, 0.2) is 6.61 Å². The topological polar surface area (TPSA) is 64.6 Å². The van der Waals surface area contributed by atoms with E-state index in [2.05, 4.69) is 5.32 Å². The fraction of sp³-hybridized carbons (Fsp3) is 0.200. The summed E-state index contributed by atoms with van der Waals surface area (Å²) in [6.45, 7) is 0.215. The molecule has 0 aliphatic carbocycles. The summed E-state index contributed by atoms with van der Waals surface area (Å²) in [5.41, 5.74) is 0.809. The molecule has 2 aromatic carbocycles. The van der Waals surface area contributed by atoms with Crippen molar-refractivity contribution in [1.82, 2.24) is 5.32 Å². The summed E-state index contributed by atoms with van der Waals surface area (Å²) in [5, 5.41) is 2.72. The highest BCUT2D eigenvalue weighted by Crippen LogP contribution is 2.15. The first-order chi connectivity index (χ1) is 12.7. The van der Waals surface area contributed by atoms with Crippen molar-refractivity contribution in [3.63, 3.8) is 0 Å². The summed E-state index contributed by atoms with van der Waals surface area (Å²) in [6.07, 6.45) is 2.90. The molecule has 0 saturated carbocycles. The number of esters is 1. The van der Waals surface area contributed by atoms with Crippen LogP contribution in [0.2, 0.25) is 0 Å². The van der Waals surface area contributed by atoms with Crippen LogP contribution in [0.5, 0.6) is 5.75 Å². The van der Waals surface area contributed by atoms with Gasteiger partial charge in [0.2, 0.25) is 0 Å². The number of carbonyl (C=O) groups excluding carboxylic acids is 2. The Labute approximate surface area is 157 Å². The highest BCUT2D eigenvalue weighted by molar-refractivity contribution is 7.99. The molecule has 2 rings (SSSR count). The second kappa shape index (κ2) is 11.0. The SMILES string of the molecule is COc1cccc(/C=C/C(=O)OCC(=O)NCCSc2ccccc2)c1. The molecule has 0 fully saturated rings. The first kappa shape index (κ1) is 19.6. The Morgan fingerprint density at radius 3 is 2.69 bits per heavy atom. The normalized spacial score (nSPS) is 10.5. The molecule has 2 aromatic rings. The molecule has 0 atom stereocenters. The molecular formula is C20H21NO4S. The van der Waals surface area contributed by atoms with Gasteiger partial charge in [-0.15, -0.1) is 11.8 Å². The van der Waals surface area contributed by atoms with E-state index < -0.39 is 5.97 Å². The van der Waals surface area contributed by atoms with Gasteiger partial charge < -0.3 is 14.8 Å². The van der Waals surface area contributed by atoms with Gasteiger partial charge in [0.1, 0.15) is 5.75 Å². The number of methoxy groups -OCH3 is 1. The number of hydrogen-bond donors (Lipinski definition) is 1. The van der Waals surface area contributed by atoms with Crippen LogP contribution in [0, 0.1) is 0 Å². The van der Waals surface area contributed by atoms with Crippen LogP contribution in [0.4, 0.5) is 0 Å². The number of nitrogens with one attached hydrogen (secondary N) is 1. The van der Waals surface area contributed by atoms with Crippen molar-refractivity contribution in [1.29, 1.82) is 0 Å². The molecule has 0 saturated heterocycles. The van der Waals surface area contributed by atoms with Crippen molar-refractivity contribution >= 4 is 29.7 Å². The van der Waals surface area contributed by atoms with Gasteiger partial charge in [0, 0.05) is 23.3 Å². The molecule has 0 aliphatic rings. The van der Waals surface area contributed by atoms with Gasteiger partial charge in [-0.1, -0.05) is 30.3 Å². The zero-order valence-electron chi connectivity index (χ0n) is 14.5. The zero-order valence-corrected chi connectivity index (χ0v) is 15.3. The molecule has 0 unspecified atom stereocenters. The minimum Gasteiger partial charge on any atom is -0.497 e. The fourth-order valence-electron chi connectivity index (χ4n) is 2.02. The maximum absolute atomic E-state index is 11.7. The third-order valence-electron chi connectivity index (χ3n) is 3.29. The van der Waals surface area contributed by atoms with E-state index in [-0.39, 0.29) is 12.5 Å². The maximum Gasteiger partial charge on any atom is 0.331 e. The number of amides is 1. The number of hydrogen-bond acceptors (Lipinski definition) is 5. The predicted molar refractivity (Wildman–Crippen MR) is 103 cm³/mol. The molecule has 0 aliphatic heterocycles. The third kappa shape index (κ3) is 7.44. The molecule has 0 bridgehead atoms. The van der Waals surface area contributed by atoms with E-state index in [0.29, 0.717) is 12.3 Å². The van der Waals surface area contributed by atoms with E-state index >= 15 is 0 Å². The first-order valence-electron chi connectivity index (χ1n) is 8.11. The summed E-state index contributed by atoms with van der Waals surface area (Å²) in [4.78, 5) is 24.5. The smallest absolute Gasteiger partial charge is 0.331 e. The highest BCUT2D eigenvalue weighted by Gasteiger charge is 2.04. The van der Waals surface area contributed by atoms with Crippen LogP contribution in [0.15, 0.2) is 65.6 Å². The average Bonchev–Trinajstić information content (AvgIpc) is 2.69. The van der Waals surface area contributed by atoms with E-state index in [9.17, 15) is 9.59 Å². The van der Waals surface area contributed by atoms with Crippen LogP contribution in [0.3, 0.4) is 0 Å². The van der Waals surface area contributed by atoms with Crippen molar-refractivity contribution in [3.05, 3.63) is 66.2 Å². The molecule has 0 spiro atoms. The lowest BCUT2D eigenvalue weighted by Gasteiger charge is -2.05.